The predicted octanol–water partition coefficient (Wildman–Crippen LogP) is -1.34. The van der Waals surface area contributed by atoms with Gasteiger partial charge in [-0.1, -0.05) is 0 Å². The Morgan fingerprint density at radius 1 is 1.35 bits per heavy atom. The molecule has 0 radical (unpaired) electrons. The van der Waals surface area contributed by atoms with Gasteiger partial charge in [-0.2, -0.15) is 5.10 Å². The Balaban J connectivity index is 1.99. The molecule has 0 saturated carbocycles. The van der Waals surface area contributed by atoms with Crippen molar-refractivity contribution in [2.24, 2.45) is 4.99 Å². The van der Waals surface area contributed by atoms with Crippen LogP contribution in [0.25, 0.3) is 11.0 Å². The lowest BCUT2D eigenvalue weighted by Crippen LogP contribution is -2.33. The molecule has 1 aliphatic heterocycles. The van der Waals surface area contributed by atoms with Gasteiger partial charge in [0.2, 0.25) is 0 Å². The molecule has 3 rings (SSSR count). The highest BCUT2D eigenvalue weighted by atomic mass is 16.6. The molecule has 0 aliphatic carbocycles. The molecule has 2 aromatic heterocycles. The predicted molar refractivity (Wildman–Crippen MR) is 80.2 cm³/mol. The van der Waals surface area contributed by atoms with Gasteiger partial charge in [0.25, 0.3) is 0 Å². The Bertz CT molecular complexity index is 718. The van der Waals surface area contributed by atoms with Crippen molar-refractivity contribution in [2.45, 2.75) is 24.5 Å². The maximum absolute atomic E-state index is 10.1. The van der Waals surface area contributed by atoms with E-state index < -0.39 is 31.1 Å². The first-order valence-corrected chi connectivity index (χ1v) is 7.04. The Kier molecular flexibility index (Phi) is 4.22. The van der Waals surface area contributed by atoms with Gasteiger partial charge in [0.05, 0.1) is 24.5 Å². The van der Waals surface area contributed by atoms with Gasteiger partial charge in [0, 0.05) is 14.1 Å². The van der Waals surface area contributed by atoms with E-state index in [-0.39, 0.29) is 0 Å². The Hall–Kier alpha value is -2.14. The molecule has 0 bridgehead atoms. The molecular formula is C13H18N6O4. The molecule has 3 heterocycles. The van der Waals surface area contributed by atoms with E-state index in [4.69, 9.17) is 4.74 Å². The van der Waals surface area contributed by atoms with Gasteiger partial charge in [-0.3, -0.25) is 0 Å². The molecule has 10 heteroatoms. The third kappa shape index (κ3) is 2.77. The monoisotopic (exact) mass is 322 g/mol. The number of nitrogens with zero attached hydrogens (tertiary/aromatic N) is 6. The van der Waals surface area contributed by atoms with Crippen molar-refractivity contribution in [3.8, 4) is 0 Å². The highest BCUT2D eigenvalue weighted by Crippen LogP contribution is 2.32. The molecule has 1 fully saturated rings. The number of aliphatic imine (C=N–C) groups is 1. The van der Waals surface area contributed by atoms with Crippen LogP contribution in [0.4, 0.5) is 5.82 Å². The second-order valence-electron chi connectivity index (χ2n) is 5.46. The van der Waals surface area contributed by atoms with Gasteiger partial charge in [0.1, 0.15) is 24.6 Å². The van der Waals surface area contributed by atoms with Crippen LogP contribution in [0.2, 0.25) is 0 Å². The van der Waals surface area contributed by atoms with E-state index in [0.29, 0.717) is 16.9 Å². The molecule has 0 amide bonds. The fourth-order valence-corrected chi connectivity index (χ4v) is 2.39. The summed E-state index contributed by atoms with van der Waals surface area (Å²) in [4.78, 5) is 14.3. The van der Waals surface area contributed by atoms with Crippen LogP contribution in [0.15, 0.2) is 17.5 Å². The summed E-state index contributed by atoms with van der Waals surface area (Å²) in [5.41, 5.74) is 0.417. The van der Waals surface area contributed by atoms with Gasteiger partial charge in [-0.05, 0) is 0 Å². The molecule has 3 N–H and O–H groups in total. The first kappa shape index (κ1) is 15.7. The lowest BCUT2D eigenvalue weighted by Gasteiger charge is -2.15. The smallest absolute Gasteiger partial charge is 0.181 e. The van der Waals surface area contributed by atoms with Gasteiger partial charge in [-0.15, -0.1) is 0 Å². The summed E-state index contributed by atoms with van der Waals surface area (Å²) >= 11 is 0. The molecule has 10 nitrogen and oxygen atoms in total. The van der Waals surface area contributed by atoms with Crippen molar-refractivity contribution in [1.82, 2.24) is 24.6 Å². The third-order valence-electron chi connectivity index (χ3n) is 3.54. The number of fused-ring (bicyclic) bond motifs is 1. The molecule has 0 aromatic carbocycles. The van der Waals surface area contributed by atoms with Crippen LogP contribution < -0.4 is 0 Å². The number of ether oxygens (including phenoxy) is 1. The van der Waals surface area contributed by atoms with E-state index in [1.807, 2.05) is 14.1 Å². The SMILES string of the molecule is CN(C)/C=N\c1ncnc2c1cnn2C1OC(CO)C(O)C1O. The highest BCUT2D eigenvalue weighted by Gasteiger charge is 2.44. The van der Waals surface area contributed by atoms with Gasteiger partial charge >= 0.3 is 0 Å². The van der Waals surface area contributed by atoms with Crippen molar-refractivity contribution in [2.75, 3.05) is 20.7 Å². The largest absolute Gasteiger partial charge is 0.394 e. The normalized spacial score (nSPS) is 28.0. The summed E-state index contributed by atoms with van der Waals surface area (Å²) < 4.78 is 6.83. The minimum atomic E-state index is -1.22. The van der Waals surface area contributed by atoms with E-state index in [1.54, 1.807) is 11.2 Å². The van der Waals surface area contributed by atoms with E-state index in [9.17, 15) is 15.3 Å². The number of rotatable bonds is 4. The van der Waals surface area contributed by atoms with Crippen LogP contribution in [0.1, 0.15) is 6.23 Å². The number of aliphatic hydroxyl groups is 3. The summed E-state index contributed by atoms with van der Waals surface area (Å²) in [6.45, 7) is -0.401. The second kappa shape index (κ2) is 6.16. The molecule has 23 heavy (non-hydrogen) atoms. The zero-order valence-corrected chi connectivity index (χ0v) is 12.7. The second-order valence-corrected chi connectivity index (χ2v) is 5.46. The van der Waals surface area contributed by atoms with Gasteiger partial charge < -0.3 is 25.0 Å². The molecule has 0 spiro atoms. The molecule has 4 unspecified atom stereocenters. The van der Waals surface area contributed by atoms with Crippen molar-refractivity contribution < 1.29 is 20.1 Å². The molecule has 1 saturated heterocycles. The van der Waals surface area contributed by atoms with Crippen molar-refractivity contribution >= 4 is 23.2 Å². The van der Waals surface area contributed by atoms with Gasteiger partial charge in [-0.25, -0.2) is 19.6 Å². The molecular weight excluding hydrogens is 304 g/mol. The van der Waals surface area contributed by atoms with Crippen LogP contribution in [0.5, 0.6) is 0 Å². The summed E-state index contributed by atoms with van der Waals surface area (Å²) in [5.74, 6) is 0.432. The topological polar surface area (TPSA) is 129 Å². The van der Waals surface area contributed by atoms with Crippen molar-refractivity contribution in [3.63, 3.8) is 0 Å². The first-order chi connectivity index (χ1) is 11.0. The summed E-state index contributed by atoms with van der Waals surface area (Å²) in [5, 5.41) is 33.9. The fraction of sp³-hybridized carbons (Fsp3) is 0.538. The Labute approximate surface area is 131 Å². The minimum Gasteiger partial charge on any atom is -0.394 e. The molecule has 4 atom stereocenters. The van der Waals surface area contributed by atoms with E-state index in [1.165, 1.54) is 17.2 Å². The van der Waals surface area contributed by atoms with E-state index in [2.05, 4.69) is 20.1 Å². The van der Waals surface area contributed by atoms with Crippen LogP contribution >= 0.6 is 0 Å². The van der Waals surface area contributed by atoms with Crippen LogP contribution in [0.3, 0.4) is 0 Å². The summed E-state index contributed by atoms with van der Waals surface area (Å²) in [7, 11) is 3.68. The summed E-state index contributed by atoms with van der Waals surface area (Å²) in [6, 6.07) is 0. The van der Waals surface area contributed by atoms with Gasteiger partial charge in [0.15, 0.2) is 17.7 Å². The van der Waals surface area contributed by atoms with Crippen LogP contribution in [-0.2, 0) is 4.74 Å². The molecule has 124 valence electrons. The average Bonchev–Trinajstić information content (AvgIpc) is 3.08. The first-order valence-electron chi connectivity index (χ1n) is 7.04. The quantitative estimate of drug-likeness (QED) is 0.466. The van der Waals surface area contributed by atoms with Crippen molar-refractivity contribution in [3.05, 3.63) is 12.5 Å². The van der Waals surface area contributed by atoms with Crippen molar-refractivity contribution in [1.29, 1.82) is 0 Å². The number of hydrogen-bond donors (Lipinski definition) is 3. The average molecular weight is 322 g/mol. The highest BCUT2D eigenvalue weighted by molar-refractivity contribution is 5.86. The maximum Gasteiger partial charge on any atom is 0.181 e. The Morgan fingerprint density at radius 2 is 2.13 bits per heavy atom. The van der Waals surface area contributed by atoms with Crippen LogP contribution in [0, 0.1) is 0 Å². The minimum absolute atomic E-state index is 0.401. The fourth-order valence-electron chi connectivity index (χ4n) is 2.39. The number of aliphatic hydroxyl groups excluding tert-OH is 3. The number of hydrogen-bond acceptors (Lipinski definition) is 8. The lowest BCUT2D eigenvalue weighted by molar-refractivity contribution is -0.0566. The third-order valence-corrected chi connectivity index (χ3v) is 3.54. The lowest BCUT2D eigenvalue weighted by atomic mass is 10.1. The standard InChI is InChI=1S/C13H18N6O4/c1-18(2)6-16-11-7-3-17-19(12(7)15-5-14-11)13-10(22)9(21)8(4-20)23-13/h3,5-6,8-10,13,20-22H,4H2,1-2H3/b16-6-. The van der Waals surface area contributed by atoms with E-state index >= 15 is 0 Å². The van der Waals surface area contributed by atoms with E-state index in [0.717, 1.165) is 0 Å². The molecule has 1 aliphatic rings. The Morgan fingerprint density at radius 3 is 2.78 bits per heavy atom. The zero-order chi connectivity index (χ0) is 16.6. The maximum atomic E-state index is 10.1. The molecule has 2 aromatic rings. The number of aromatic nitrogens is 4. The zero-order valence-electron chi connectivity index (χ0n) is 12.7. The summed E-state index contributed by atoms with van der Waals surface area (Å²) in [6.07, 6.45) is 0.223. The van der Waals surface area contributed by atoms with Crippen LogP contribution in [-0.4, -0.2) is 85.3 Å².